The zero-order chi connectivity index (χ0) is 21.8. The van der Waals surface area contributed by atoms with E-state index in [-0.39, 0.29) is 17.8 Å². The van der Waals surface area contributed by atoms with Gasteiger partial charge in [0.1, 0.15) is 6.04 Å². The molecule has 1 amide bonds. The minimum absolute atomic E-state index is 0.118. The molecule has 2 rings (SSSR count). The minimum Gasteiger partial charge on any atom is -0.324 e. The number of para-hydroxylation sites is 1. The third-order valence-electron chi connectivity index (χ3n) is 4.63. The van der Waals surface area contributed by atoms with Crippen LogP contribution in [0.2, 0.25) is 0 Å². The summed E-state index contributed by atoms with van der Waals surface area (Å²) in [6, 6.07) is 10.2. The van der Waals surface area contributed by atoms with E-state index in [1.54, 1.807) is 26.0 Å². The summed E-state index contributed by atoms with van der Waals surface area (Å²) in [5, 5.41) is 14.0. The Hall–Kier alpha value is -2.94. The molecule has 0 radical (unpaired) electrons. The van der Waals surface area contributed by atoms with E-state index in [0.717, 1.165) is 16.1 Å². The number of nitro groups is 1. The molecule has 0 saturated heterocycles. The van der Waals surface area contributed by atoms with Crippen molar-refractivity contribution in [1.29, 1.82) is 0 Å². The molecule has 2 aromatic rings. The molecule has 0 fully saturated rings. The first kappa shape index (κ1) is 22.4. The number of non-ortho nitro benzene ring substituents is 1. The number of anilines is 2. The Labute approximate surface area is 170 Å². The topological polar surface area (TPSA) is 110 Å². The highest BCUT2D eigenvalue weighted by molar-refractivity contribution is 7.92. The van der Waals surface area contributed by atoms with Gasteiger partial charge < -0.3 is 5.32 Å². The number of nitrogens with zero attached hydrogens (tertiary/aromatic N) is 2. The van der Waals surface area contributed by atoms with Crippen molar-refractivity contribution in [1.82, 2.24) is 0 Å². The van der Waals surface area contributed by atoms with E-state index in [4.69, 9.17) is 0 Å². The summed E-state index contributed by atoms with van der Waals surface area (Å²) < 4.78 is 26.2. The van der Waals surface area contributed by atoms with Crippen LogP contribution in [0.15, 0.2) is 42.5 Å². The first-order valence-electron chi connectivity index (χ1n) is 9.23. The van der Waals surface area contributed by atoms with Gasteiger partial charge in [-0.15, -0.1) is 0 Å². The molecule has 2 aromatic carbocycles. The van der Waals surface area contributed by atoms with Crippen molar-refractivity contribution in [3.05, 3.63) is 63.7 Å². The molecule has 156 valence electrons. The van der Waals surface area contributed by atoms with Gasteiger partial charge in [0.15, 0.2) is 0 Å². The molecule has 0 aliphatic carbocycles. The molecular weight excluding hydrogens is 394 g/mol. The van der Waals surface area contributed by atoms with Crippen molar-refractivity contribution in [2.24, 2.45) is 0 Å². The van der Waals surface area contributed by atoms with E-state index in [1.165, 1.54) is 18.2 Å². The second-order valence-corrected chi connectivity index (χ2v) is 8.57. The molecule has 1 atom stereocenters. The number of sulfonamides is 1. The second-order valence-electron chi connectivity index (χ2n) is 6.71. The Morgan fingerprint density at radius 2 is 1.86 bits per heavy atom. The number of benzene rings is 2. The van der Waals surface area contributed by atoms with E-state index in [0.29, 0.717) is 17.7 Å². The lowest BCUT2D eigenvalue weighted by Gasteiger charge is -2.31. The van der Waals surface area contributed by atoms with Crippen LogP contribution in [0.25, 0.3) is 0 Å². The van der Waals surface area contributed by atoms with E-state index < -0.39 is 26.9 Å². The lowest BCUT2D eigenvalue weighted by Crippen LogP contribution is -2.47. The van der Waals surface area contributed by atoms with Gasteiger partial charge in [0.2, 0.25) is 15.9 Å². The third kappa shape index (κ3) is 5.11. The quantitative estimate of drug-likeness (QED) is 0.519. The molecule has 0 heterocycles. The number of amides is 1. The molecule has 1 unspecified atom stereocenters. The first-order chi connectivity index (χ1) is 13.6. The van der Waals surface area contributed by atoms with Gasteiger partial charge in [-0.05, 0) is 37.0 Å². The number of carbonyl (C=O) groups is 1. The highest BCUT2D eigenvalue weighted by Crippen LogP contribution is 2.30. The Morgan fingerprint density at radius 3 is 2.41 bits per heavy atom. The van der Waals surface area contributed by atoms with Gasteiger partial charge in [-0.1, -0.05) is 38.1 Å². The molecular formula is C20H25N3O5S. The molecule has 0 aromatic heterocycles. The maximum absolute atomic E-state index is 13.1. The van der Waals surface area contributed by atoms with Crippen LogP contribution in [0.5, 0.6) is 0 Å². The molecule has 0 aliphatic rings. The van der Waals surface area contributed by atoms with E-state index >= 15 is 0 Å². The predicted molar refractivity (Wildman–Crippen MR) is 114 cm³/mol. The van der Waals surface area contributed by atoms with Crippen LogP contribution in [-0.2, 0) is 21.2 Å². The minimum atomic E-state index is -3.90. The van der Waals surface area contributed by atoms with Crippen molar-refractivity contribution < 1.29 is 18.1 Å². The van der Waals surface area contributed by atoms with Crippen molar-refractivity contribution >= 4 is 33.0 Å². The first-order valence-corrected chi connectivity index (χ1v) is 11.1. The SMILES string of the molecule is CCc1ccccc1NC(=O)C(CC)N(c1cc([N+](=O)[O-])ccc1C)S(C)(=O)=O. The largest absolute Gasteiger partial charge is 0.324 e. The molecule has 0 aliphatic heterocycles. The molecule has 29 heavy (non-hydrogen) atoms. The maximum atomic E-state index is 13.1. The fraction of sp³-hybridized carbons (Fsp3) is 0.350. The van der Waals surface area contributed by atoms with Gasteiger partial charge in [0.25, 0.3) is 5.69 Å². The summed E-state index contributed by atoms with van der Waals surface area (Å²) >= 11 is 0. The second kappa shape index (κ2) is 9.04. The van der Waals surface area contributed by atoms with E-state index in [2.05, 4.69) is 5.32 Å². The molecule has 8 nitrogen and oxygen atoms in total. The van der Waals surface area contributed by atoms with Crippen molar-refractivity contribution in [3.63, 3.8) is 0 Å². The number of nitrogens with one attached hydrogen (secondary N) is 1. The fourth-order valence-corrected chi connectivity index (χ4v) is 4.41. The number of rotatable bonds is 8. The lowest BCUT2D eigenvalue weighted by molar-refractivity contribution is -0.384. The van der Waals surface area contributed by atoms with Crippen LogP contribution >= 0.6 is 0 Å². The van der Waals surface area contributed by atoms with Crippen LogP contribution < -0.4 is 9.62 Å². The van der Waals surface area contributed by atoms with E-state index in [9.17, 15) is 23.3 Å². The highest BCUT2D eigenvalue weighted by Gasteiger charge is 2.33. The Balaban J connectivity index is 2.52. The van der Waals surface area contributed by atoms with Gasteiger partial charge in [-0.25, -0.2) is 8.42 Å². The van der Waals surface area contributed by atoms with Crippen LogP contribution in [0.3, 0.4) is 0 Å². The Kier molecular flexibility index (Phi) is 6.97. The highest BCUT2D eigenvalue weighted by atomic mass is 32.2. The summed E-state index contributed by atoms with van der Waals surface area (Å²) in [4.78, 5) is 23.6. The summed E-state index contributed by atoms with van der Waals surface area (Å²) in [5.74, 6) is -0.496. The standard InChI is InChI=1S/C20H25N3O5S/c1-5-15-9-7-8-10-17(15)21-20(24)18(6-2)22(29(4,27)28)19-13-16(23(25)26)12-11-14(19)3/h7-13,18H,5-6H2,1-4H3,(H,21,24). The average Bonchev–Trinajstić information content (AvgIpc) is 2.66. The molecule has 1 N–H and O–H groups in total. The zero-order valence-electron chi connectivity index (χ0n) is 16.9. The number of aryl methyl sites for hydroxylation is 2. The number of hydrogen-bond acceptors (Lipinski definition) is 5. The molecule has 9 heteroatoms. The van der Waals surface area contributed by atoms with E-state index in [1.807, 2.05) is 19.1 Å². The molecule has 0 bridgehead atoms. The smallest absolute Gasteiger partial charge is 0.271 e. The summed E-state index contributed by atoms with van der Waals surface area (Å²) in [6.07, 6.45) is 1.88. The van der Waals surface area contributed by atoms with Crippen molar-refractivity contribution in [3.8, 4) is 0 Å². The maximum Gasteiger partial charge on any atom is 0.271 e. The van der Waals surface area contributed by atoms with Crippen molar-refractivity contribution in [2.45, 2.75) is 39.7 Å². The number of carbonyl (C=O) groups excluding carboxylic acids is 1. The molecule has 0 saturated carbocycles. The Bertz CT molecular complexity index is 1020. The fourth-order valence-electron chi connectivity index (χ4n) is 3.15. The third-order valence-corrected chi connectivity index (χ3v) is 5.79. The van der Waals surface area contributed by atoms with Gasteiger partial charge in [-0.2, -0.15) is 0 Å². The monoisotopic (exact) mass is 419 g/mol. The van der Waals surface area contributed by atoms with Gasteiger partial charge in [0, 0.05) is 17.8 Å². The van der Waals surface area contributed by atoms with Gasteiger partial charge in [-0.3, -0.25) is 19.2 Å². The number of hydrogen-bond donors (Lipinski definition) is 1. The Morgan fingerprint density at radius 1 is 1.21 bits per heavy atom. The zero-order valence-corrected chi connectivity index (χ0v) is 17.7. The average molecular weight is 420 g/mol. The number of nitro benzene ring substituents is 1. The summed E-state index contributed by atoms with van der Waals surface area (Å²) in [5.41, 5.74) is 1.93. The van der Waals surface area contributed by atoms with Crippen LogP contribution in [0.4, 0.5) is 17.1 Å². The predicted octanol–water partition coefficient (Wildman–Crippen LogP) is 3.65. The van der Waals surface area contributed by atoms with Crippen LogP contribution in [-0.4, -0.2) is 31.5 Å². The molecule has 0 spiro atoms. The van der Waals surface area contributed by atoms with Crippen molar-refractivity contribution in [2.75, 3.05) is 15.9 Å². The summed E-state index contributed by atoms with van der Waals surface area (Å²) in [6.45, 7) is 5.30. The van der Waals surface area contributed by atoms with Crippen LogP contribution in [0, 0.1) is 17.0 Å². The van der Waals surface area contributed by atoms with Gasteiger partial charge >= 0.3 is 0 Å². The van der Waals surface area contributed by atoms with Gasteiger partial charge in [0.05, 0.1) is 16.9 Å². The normalized spacial score (nSPS) is 12.3. The van der Waals surface area contributed by atoms with Crippen LogP contribution in [0.1, 0.15) is 31.4 Å². The summed E-state index contributed by atoms with van der Waals surface area (Å²) in [7, 11) is -3.90. The lowest BCUT2D eigenvalue weighted by atomic mass is 10.1.